The summed E-state index contributed by atoms with van der Waals surface area (Å²) in [7, 11) is 0. The molecule has 0 spiro atoms. The SMILES string of the molecule is NC(=O)CCNC(=O)C1(O)CC(O)C(O)C(NC(=O)Nc2cccc(F)c2)C1. The van der Waals surface area contributed by atoms with Gasteiger partial charge in [-0.2, -0.15) is 0 Å². The van der Waals surface area contributed by atoms with Crippen LogP contribution in [-0.4, -0.2) is 63.6 Å². The Morgan fingerprint density at radius 1 is 1.25 bits per heavy atom. The van der Waals surface area contributed by atoms with Crippen LogP contribution in [0.3, 0.4) is 0 Å². The highest BCUT2D eigenvalue weighted by atomic mass is 19.1. The summed E-state index contributed by atoms with van der Waals surface area (Å²) in [6, 6.07) is 3.12. The maximum absolute atomic E-state index is 13.2. The van der Waals surface area contributed by atoms with E-state index in [-0.39, 0.29) is 25.1 Å². The molecule has 1 saturated carbocycles. The minimum absolute atomic E-state index is 0.104. The molecule has 1 fully saturated rings. The standard InChI is InChI=1S/C17H23FN4O6/c18-9-2-1-3-10(6-9)21-16(27)22-11-7-17(28,8-12(23)14(11)25)15(26)20-5-4-13(19)24/h1-3,6,11-12,14,23,25,28H,4-5,7-8H2,(H2,19,24)(H,20,26)(H2,21,22,27). The van der Waals surface area contributed by atoms with Crippen molar-refractivity contribution in [3.63, 3.8) is 0 Å². The first-order valence-electron chi connectivity index (χ1n) is 8.59. The van der Waals surface area contributed by atoms with E-state index < -0.39 is 53.9 Å². The van der Waals surface area contributed by atoms with Gasteiger partial charge in [0.1, 0.15) is 17.5 Å². The van der Waals surface area contributed by atoms with Crippen molar-refractivity contribution in [2.24, 2.45) is 5.73 Å². The van der Waals surface area contributed by atoms with Crippen LogP contribution in [0.15, 0.2) is 24.3 Å². The Hall–Kier alpha value is -2.76. The molecular weight excluding hydrogens is 375 g/mol. The molecule has 154 valence electrons. The molecule has 1 aromatic carbocycles. The number of aliphatic hydroxyl groups is 3. The molecule has 10 nitrogen and oxygen atoms in total. The van der Waals surface area contributed by atoms with Gasteiger partial charge in [0.2, 0.25) is 5.91 Å². The van der Waals surface area contributed by atoms with Gasteiger partial charge in [0.25, 0.3) is 5.91 Å². The quantitative estimate of drug-likeness (QED) is 0.309. The highest BCUT2D eigenvalue weighted by Crippen LogP contribution is 2.29. The minimum Gasteiger partial charge on any atom is -0.390 e. The fourth-order valence-corrected chi connectivity index (χ4v) is 2.99. The van der Waals surface area contributed by atoms with E-state index >= 15 is 0 Å². The first-order valence-corrected chi connectivity index (χ1v) is 8.59. The highest BCUT2D eigenvalue weighted by Gasteiger charge is 2.49. The van der Waals surface area contributed by atoms with E-state index in [9.17, 15) is 34.1 Å². The number of nitrogens with two attached hydrogens (primary N) is 1. The number of primary amides is 1. The summed E-state index contributed by atoms with van der Waals surface area (Å²) >= 11 is 0. The summed E-state index contributed by atoms with van der Waals surface area (Å²) in [5, 5.41) is 37.7. The van der Waals surface area contributed by atoms with E-state index in [0.29, 0.717) is 0 Å². The monoisotopic (exact) mass is 398 g/mol. The number of carbonyl (C=O) groups is 3. The lowest BCUT2D eigenvalue weighted by atomic mass is 9.77. The Kier molecular flexibility index (Phi) is 6.89. The van der Waals surface area contributed by atoms with E-state index in [4.69, 9.17) is 5.73 Å². The molecule has 11 heteroatoms. The molecular formula is C17H23FN4O6. The normalized spacial score (nSPS) is 26.9. The first kappa shape index (κ1) is 21.5. The highest BCUT2D eigenvalue weighted by molar-refractivity contribution is 5.90. The number of halogens is 1. The third kappa shape index (κ3) is 5.62. The third-order valence-electron chi connectivity index (χ3n) is 4.39. The van der Waals surface area contributed by atoms with E-state index in [1.54, 1.807) is 0 Å². The maximum Gasteiger partial charge on any atom is 0.319 e. The van der Waals surface area contributed by atoms with Crippen LogP contribution in [0.2, 0.25) is 0 Å². The number of hydrogen-bond acceptors (Lipinski definition) is 6. The predicted molar refractivity (Wildman–Crippen MR) is 95.4 cm³/mol. The Bertz CT molecular complexity index is 748. The number of nitrogens with one attached hydrogen (secondary N) is 3. The van der Waals surface area contributed by atoms with Gasteiger partial charge >= 0.3 is 6.03 Å². The van der Waals surface area contributed by atoms with E-state index in [1.165, 1.54) is 18.2 Å². The summed E-state index contributed by atoms with van der Waals surface area (Å²) in [4.78, 5) is 35.1. The Balaban J connectivity index is 2.01. The molecule has 1 aromatic rings. The van der Waals surface area contributed by atoms with Crippen molar-refractivity contribution in [3.05, 3.63) is 30.1 Å². The van der Waals surface area contributed by atoms with Gasteiger partial charge in [0.05, 0.1) is 12.1 Å². The van der Waals surface area contributed by atoms with Crippen LogP contribution in [0.25, 0.3) is 0 Å². The van der Waals surface area contributed by atoms with Crippen molar-refractivity contribution < 1.29 is 34.1 Å². The zero-order chi connectivity index (χ0) is 20.9. The molecule has 0 radical (unpaired) electrons. The molecule has 0 saturated heterocycles. The lowest BCUT2D eigenvalue weighted by molar-refractivity contribution is -0.157. The van der Waals surface area contributed by atoms with E-state index in [2.05, 4.69) is 16.0 Å². The molecule has 4 amide bonds. The third-order valence-corrected chi connectivity index (χ3v) is 4.39. The van der Waals surface area contributed by atoms with Gasteiger partial charge < -0.3 is 37.0 Å². The van der Waals surface area contributed by atoms with Crippen molar-refractivity contribution in [3.8, 4) is 0 Å². The van der Waals surface area contributed by atoms with Gasteiger partial charge in [0.15, 0.2) is 0 Å². The molecule has 1 aliphatic carbocycles. The zero-order valence-corrected chi connectivity index (χ0v) is 14.9. The second-order valence-corrected chi connectivity index (χ2v) is 6.69. The van der Waals surface area contributed by atoms with Crippen molar-refractivity contribution in [2.75, 3.05) is 11.9 Å². The van der Waals surface area contributed by atoms with Crippen LogP contribution >= 0.6 is 0 Å². The number of carbonyl (C=O) groups excluding carboxylic acids is 3. The molecule has 0 heterocycles. The van der Waals surface area contributed by atoms with Gasteiger partial charge in [-0.15, -0.1) is 0 Å². The van der Waals surface area contributed by atoms with Crippen LogP contribution in [0, 0.1) is 5.82 Å². The molecule has 2 rings (SSSR count). The second kappa shape index (κ2) is 8.95. The zero-order valence-electron chi connectivity index (χ0n) is 14.9. The van der Waals surface area contributed by atoms with Gasteiger partial charge in [0, 0.05) is 31.5 Å². The summed E-state index contributed by atoms with van der Waals surface area (Å²) in [5.74, 6) is -2.06. The average Bonchev–Trinajstić information content (AvgIpc) is 2.58. The maximum atomic E-state index is 13.2. The van der Waals surface area contributed by atoms with Gasteiger partial charge in [-0.1, -0.05) is 6.07 Å². The Labute approximate surface area is 159 Å². The number of hydrogen-bond donors (Lipinski definition) is 7. The summed E-state index contributed by atoms with van der Waals surface area (Å²) in [6.07, 6.45) is -3.90. The van der Waals surface area contributed by atoms with Crippen LogP contribution in [0.5, 0.6) is 0 Å². The number of urea groups is 1. The molecule has 4 atom stereocenters. The number of benzene rings is 1. The second-order valence-electron chi connectivity index (χ2n) is 6.69. The van der Waals surface area contributed by atoms with Gasteiger partial charge in [-0.25, -0.2) is 9.18 Å². The van der Waals surface area contributed by atoms with Crippen LogP contribution in [-0.2, 0) is 9.59 Å². The van der Waals surface area contributed by atoms with Crippen molar-refractivity contribution in [2.45, 2.75) is 43.1 Å². The van der Waals surface area contributed by atoms with Gasteiger partial charge in [-0.05, 0) is 18.2 Å². The van der Waals surface area contributed by atoms with Crippen molar-refractivity contribution in [1.29, 1.82) is 0 Å². The smallest absolute Gasteiger partial charge is 0.319 e. The summed E-state index contributed by atoms with van der Waals surface area (Å²) < 4.78 is 13.2. The van der Waals surface area contributed by atoms with E-state index in [0.717, 1.165) is 6.07 Å². The number of amides is 4. The Morgan fingerprint density at radius 3 is 2.61 bits per heavy atom. The van der Waals surface area contributed by atoms with Crippen LogP contribution in [0.4, 0.5) is 14.9 Å². The molecule has 4 unspecified atom stereocenters. The molecule has 28 heavy (non-hydrogen) atoms. The summed E-state index contributed by atoms with van der Waals surface area (Å²) in [5.41, 5.74) is 3.06. The lowest BCUT2D eigenvalue weighted by Gasteiger charge is -2.41. The van der Waals surface area contributed by atoms with Crippen molar-refractivity contribution >= 4 is 23.5 Å². The number of rotatable bonds is 6. The summed E-state index contributed by atoms with van der Waals surface area (Å²) in [6.45, 7) is -0.104. The molecule has 1 aliphatic rings. The fourth-order valence-electron chi connectivity index (χ4n) is 2.99. The molecule has 0 bridgehead atoms. The lowest BCUT2D eigenvalue weighted by Crippen LogP contribution is -2.63. The number of anilines is 1. The number of aliphatic hydroxyl groups excluding tert-OH is 2. The van der Waals surface area contributed by atoms with Crippen molar-refractivity contribution in [1.82, 2.24) is 10.6 Å². The molecule has 0 aromatic heterocycles. The average molecular weight is 398 g/mol. The van der Waals surface area contributed by atoms with E-state index in [1.807, 2.05) is 0 Å². The fraction of sp³-hybridized carbons (Fsp3) is 0.471. The Morgan fingerprint density at radius 2 is 1.96 bits per heavy atom. The predicted octanol–water partition coefficient (Wildman–Crippen LogP) is -1.45. The largest absolute Gasteiger partial charge is 0.390 e. The molecule has 0 aliphatic heterocycles. The molecule has 8 N–H and O–H groups in total. The van der Waals surface area contributed by atoms with Gasteiger partial charge in [-0.3, -0.25) is 9.59 Å². The first-order chi connectivity index (χ1) is 13.1. The minimum atomic E-state index is -2.08. The van der Waals surface area contributed by atoms with Crippen LogP contribution < -0.4 is 21.7 Å². The topological polar surface area (TPSA) is 174 Å². The van der Waals surface area contributed by atoms with Crippen LogP contribution in [0.1, 0.15) is 19.3 Å².